The molecule has 2 atom stereocenters. The highest BCUT2D eigenvalue weighted by molar-refractivity contribution is 5.85. The van der Waals surface area contributed by atoms with Crippen LogP contribution in [0.4, 0.5) is 0 Å². The van der Waals surface area contributed by atoms with Crippen molar-refractivity contribution in [3.63, 3.8) is 0 Å². The minimum Gasteiger partial charge on any atom is -0.497 e. The van der Waals surface area contributed by atoms with Gasteiger partial charge in [-0.15, -0.1) is 12.4 Å². The van der Waals surface area contributed by atoms with Crippen molar-refractivity contribution in [1.29, 1.82) is 0 Å². The Morgan fingerprint density at radius 1 is 1.07 bits per heavy atom. The van der Waals surface area contributed by atoms with Gasteiger partial charge in [0, 0.05) is 31.5 Å². The van der Waals surface area contributed by atoms with Gasteiger partial charge >= 0.3 is 0 Å². The average molecular weight is 391 g/mol. The van der Waals surface area contributed by atoms with Crippen molar-refractivity contribution >= 4 is 18.3 Å². The number of rotatable bonds is 7. The maximum Gasteiger partial charge on any atom is 0.222 e. The Balaban J connectivity index is 0.00000261. The topological polar surface area (TPSA) is 64.8 Å². The molecule has 0 radical (unpaired) electrons. The van der Waals surface area contributed by atoms with Crippen LogP contribution in [0.1, 0.15) is 24.3 Å². The van der Waals surface area contributed by atoms with Crippen molar-refractivity contribution in [2.24, 2.45) is 5.73 Å². The van der Waals surface area contributed by atoms with Gasteiger partial charge in [0.25, 0.3) is 0 Å². The van der Waals surface area contributed by atoms with Gasteiger partial charge in [-0.2, -0.15) is 0 Å². The predicted molar refractivity (Wildman–Crippen MR) is 109 cm³/mol. The van der Waals surface area contributed by atoms with E-state index < -0.39 is 0 Å². The molecule has 2 aromatic rings. The van der Waals surface area contributed by atoms with Crippen molar-refractivity contribution in [3.8, 4) is 11.5 Å². The highest BCUT2D eigenvalue weighted by Gasteiger charge is 2.33. The number of carbonyl (C=O) groups is 1. The van der Waals surface area contributed by atoms with E-state index in [0.717, 1.165) is 11.5 Å². The van der Waals surface area contributed by atoms with Crippen LogP contribution in [0.3, 0.4) is 0 Å². The third kappa shape index (κ3) is 5.62. The van der Waals surface area contributed by atoms with Gasteiger partial charge < -0.3 is 20.1 Å². The fourth-order valence-electron chi connectivity index (χ4n) is 3.33. The quantitative estimate of drug-likeness (QED) is 0.737. The molecule has 0 bridgehead atoms. The minimum atomic E-state index is -0.00287. The Bertz CT molecular complexity index is 709. The van der Waals surface area contributed by atoms with E-state index in [1.54, 1.807) is 7.11 Å². The number of nitrogens with zero attached hydrogens (tertiary/aromatic N) is 1. The zero-order valence-electron chi connectivity index (χ0n) is 15.5. The summed E-state index contributed by atoms with van der Waals surface area (Å²) in [6.07, 6.45) is 1.16. The second-order valence-electron chi connectivity index (χ2n) is 6.61. The Labute approximate surface area is 166 Å². The fourth-order valence-corrected chi connectivity index (χ4v) is 3.33. The second kappa shape index (κ2) is 10.2. The number of nitrogens with two attached hydrogens (primary N) is 1. The van der Waals surface area contributed by atoms with Gasteiger partial charge in [0.1, 0.15) is 11.5 Å². The number of hydrogen-bond donors (Lipinski definition) is 1. The van der Waals surface area contributed by atoms with Crippen molar-refractivity contribution in [2.45, 2.75) is 24.8 Å². The van der Waals surface area contributed by atoms with Crippen LogP contribution in [0.2, 0.25) is 0 Å². The van der Waals surface area contributed by atoms with Gasteiger partial charge in [0.15, 0.2) is 0 Å². The van der Waals surface area contributed by atoms with Crippen LogP contribution in [0.15, 0.2) is 54.6 Å². The summed E-state index contributed by atoms with van der Waals surface area (Å²) in [5.74, 6) is 1.95. The lowest BCUT2D eigenvalue weighted by atomic mass is 9.95. The van der Waals surface area contributed by atoms with Crippen molar-refractivity contribution in [2.75, 3.05) is 26.8 Å². The molecular weight excluding hydrogens is 364 g/mol. The first-order valence-electron chi connectivity index (χ1n) is 9.02. The van der Waals surface area contributed by atoms with E-state index in [9.17, 15) is 4.79 Å². The first-order valence-corrected chi connectivity index (χ1v) is 9.02. The Hall–Kier alpha value is -2.24. The van der Waals surface area contributed by atoms with Gasteiger partial charge in [0.2, 0.25) is 5.91 Å². The van der Waals surface area contributed by atoms with Crippen LogP contribution >= 0.6 is 12.4 Å². The molecular formula is C21H27ClN2O3. The number of ether oxygens (including phenoxy) is 2. The van der Waals surface area contributed by atoms with E-state index in [2.05, 4.69) is 12.1 Å². The summed E-state index contributed by atoms with van der Waals surface area (Å²) in [5, 5.41) is 0. The zero-order chi connectivity index (χ0) is 18.4. The molecule has 0 saturated carbocycles. The Morgan fingerprint density at radius 2 is 1.74 bits per heavy atom. The normalized spacial score (nSPS) is 18.7. The highest BCUT2D eigenvalue weighted by atomic mass is 35.5. The zero-order valence-corrected chi connectivity index (χ0v) is 16.4. The van der Waals surface area contributed by atoms with Crippen LogP contribution in [0.5, 0.6) is 11.5 Å². The number of hydrogen-bond acceptors (Lipinski definition) is 4. The minimum absolute atomic E-state index is 0. The summed E-state index contributed by atoms with van der Waals surface area (Å²) in [7, 11) is 1.63. The molecule has 27 heavy (non-hydrogen) atoms. The molecule has 3 rings (SSSR count). The molecule has 1 heterocycles. The molecule has 1 fully saturated rings. The number of benzene rings is 2. The molecule has 1 aliphatic heterocycles. The van der Waals surface area contributed by atoms with E-state index >= 15 is 0 Å². The summed E-state index contributed by atoms with van der Waals surface area (Å²) in [6, 6.07) is 17.6. The maximum atomic E-state index is 12.5. The van der Waals surface area contributed by atoms with Crippen LogP contribution in [0, 0.1) is 0 Å². The van der Waals surface area contributed by atoms with Crippen molar-refractivity contribution in [3.05, 3.63) is 60.2 Å². The Morgan fingerprint density at radius 3 is 2.41 bits per heavy atom. The third-order valence-corrected chi connectivity index (χ3v) is 4.81. The average Bonchev–Trinajstić information content (AvgIpc) is 3.08. The number of methoxy groups -OCH3 is 1. The molecule has 2 aromatic carbocycles. The van der Waals surface area contributed by atoms with Gasteiger partial charge in [-0.1, -0.05) is 30.3 Å². The number of likely N-dealkylation sites (tertiary alicyclic amines) is 1. The van der Waals surface area contributed by atoms with Crippen molar-refractivity contribution < 1.29 is 14.3 Å². The SMILES string of the molecule is COc1ccc(OCCCC(=O)N2C[C@@H](N)[C@H](c3ccccc3)C2)cc1.Cl. The number of halogens is 1. The molecule has 0 aliphatic carbocycles. The molecule has 5 nitrogen and oxygen atoms in total. The standard InChI is InChI=1S/C21H26N2O3.ClH/c1-25-17-9-11-18(12-10-17)26-13-5-8-21(24)23-14-19(20(22)15-23)16-6-3-2-4-7-16;/h2-4,6-7,9-12,19-20H,5,8,13-15,22H2,1H3;1H/t19-,20+;/m0./s1. The smallest absolute Gasteiger partial charge is 0.222 e. The molecule has 0 spiro atoms. The van der Waals surface area contributed by atoms with Gasteiger partial charge in [-0.25, -0.2) is 0 Å². The molecule has 0 aromatic heterocycles. The monoisotopic (exact) mass is 390 g/mol. The molecule has 0 unspecified atom stereocenters. The summed E-state index contributed by atoms with van der Waals surface area (Å²) in [6.45, 7) is 1.83. The van der Waals surface area contributed by atoms with E-state index in [1.807, 2.05) is 47.4 Å². The first kappa shape index (κ1) is 21.1. The van der Waals surface area contributed by atoms with E-state index in [-0.39, 0.29) is 30.3 Å². The van der Waals surface area contributed by atoms with Crippen LogP contribution < -0.4 is 15.2 Å². The molecule has 1 aliphatic rings. The fraction of sp³-hybridized carbons (Fsp3) is 0.381. The second-order valence-corrected chi connectivity index (χ2v) is 6.61. The maximum absolute atomic E-state index is 12.5. The van der Waals surface area contributed by atoms with Crippen LogP contribution in [-0.4, -0.2) is 43.7 Å². The van der Waals surface area contributed by atoms with Crippen molar-refractivity contribution in [1.82, 2.24) is 4.90 Å². The largest absolute Gasteiger partial charge is 0.497 e. The summed E-state index contributed by atoms with van der Waals surface area (Å²) in [5.41, 5.74) is 7.47. The highest BCUT2D eigenvalue weighted by Crippen LogP contribution is 2.27. The lowest BCUT2D eigenvalue weighted by Crippen LogP contribution is -2.32. The first-order chi connectivity index (χ1) is 12.7. The van der Waals surface area contributed by atoms with E-state index in [0.29, 0.717) is 32.5 Å². The summed E-state index contributed by atoms with van der Waals surface area (Å²) >= 11 is 0. The molecule has 1 amide bonds. The molecule has 2 N–H and O–H groups in total. The summed E-state index contributed by atoms with van der Waals surface area (Å²) < 4.78 is 10.8. The third-order valence-electron chi connectivity index (χ3n) is 4.81. The Kier molecular flexibility index (Phi) is 7.95. The molecule has 6 heteroatoms. The molecule has 1 saturated heterocycles. The lowest BCUT2D eigenvalue weighted by molar-refractivity contribution is -0.130. The van der Waals surface area contributed by atoms with Gasteiger partial charge in [-0.3, -0.25) is 4.79 Å². The number of carbonyl (C=O) groups excluding carboxylic acids is 1. The number of amides is 1. The lowest BCUT2D eigenvalue weighted by Gasteiger charge is -2.16. The van der Waals surface area contributed by atoms with Gasteiger partial charge in [0.05, 0.1) is 13.7 Å². The summed E-state index contributed by atoms with van der Waals surface area (Å²) in [4.78, 5) is 14.3. The van der Waals surface area contributed by atoms with Crippen LogP contribution in [-0.2, 0) is 4.79 Å². The van der Waals surface area contributed by atoms with Crippen LogP contribution in [0.25, 0.3) is 0 Å². The molecule has 146 valence electrons. The predicted octanol–water partition coefficient (Wildman–Crippen LogP) is 3.23. The van der Waals surface area contributed by atoms with E-state index in [4.69, 9.17) is 15.2 Å². The van der Waals surface area contributed by atoms with E-state index in [1.165, 1.54) is 5.56 Å². The van der Waals surface area contributed by atoms with Gasteiger partial charge in [-0.05, 0) is 36.2 Å².